The third-order valence-corrected chi connectivity index (χ3v) is 3.67. The van der Waals surface area contributed by atoms with Crippen molar-refractivity contribution < 1.29 is 34.4 Å². The van der Waals surface area contributed by atoms with Gasteiger partial charge >= 0.3 is 5.97 Å². The number of hydrogen-bond donors (Lipinski definition) is 3. The molecule has 0 amide bonds. The van der Waals surface area contributed by atoms with Gasteiger partial charge < -0.3 is 25.2 Å². The van der Waals surface area contributed by atoms with E-state index in [4.69, 9.17) is 15.3 Å². The minimum absolute atomic E-state index is 1.23. The monoisotopic (exact) mass is 435 g/mol. The number of carbonyl (C=O) groups excluding carboxylic acids is 1. The van der Waals surface area contributed by atoms with Crippen LogP contribution in [0.25, 0.3) is 5.52 Å². The predicted molar refractivity (Wildman–Crippen MR) is 117 cm³/mol. The highest BCUT2D eigenvalue weighted by Gasteiger charge is 2.23. The van der Waals surface area contributed by atoms with Gasteiger partial charge in [-0.3, -0.25) is 0 Å². The largest absolute Gasteiger partial charge is 0.547 e. The summed E-state index contributed by atoms with van der Waals surface area (Å²) < 4.78 is 2.08. The molecule has 0 aliphatic carbocycles. The maximum atomic E-state index is 9.74. The molecular weight excluding hydrogens is 410 g/mol. The highest BCUT2D eigenvalue weighted by Crippen LogP contribution is 1.92. The summed E-state index contributed by atoms with van der Waals surface area (Å²) in [5.41, 5.74) is 1.23. The van der Waals surface area contributed by atoms with Crippen LogP contribution in [0.15, 0.2) is 122 Å². The number of rotatable bonds is 3. The lowest BCUT2D eigenvalue weighted by atomic mass is 10.2. The third-order valence-electron chi connectivity index (χ3n) is 3.67. The molecule has 0 aliphatic heterocycles. The van der Waals surface area contributed by atoms with Crippen LogP contribution in [0.4, 0.5) is 0 Å². The second-order valence-electron chi connectivity index (χ2n) is 6.09. The Kier molecular flexibility index (Phi) is 12.8. The number of hydrogen-bond acceptors (Lipinski definition) is 5. The summed E-state index contributed by atoms with van der Waals surface area (Å²) in [6.45, 7) is 0. The molecule has 3 N–H and O–H groups in total. The van der Waals surface area contributed by atoms with E-state index in [1.54, 1.807) is 0 Å². The van der Waals surface area contributed by atoms with Gasteiger partial charge in [-0.2, -0.15) is 4.40 Å². The van der Waals surface area contributed by atoms with Gasteiger partial charge in [0.05, 0.1) is 5.97 Å². The number of benzene rings is 2. The summed E-state index contributed by atoms with van der Waals surface area (Å²) in [5.74, 6) is -3.83. The van der Waals surface area contributed by atoms with Crippen molar-refractivity contribution in [1.29, 1.82) is 0 Å². The van der Waals surface area contributed by atoms with Crippen molar-refractivity contribution in [2.75, 3.05) is 0 Å². The number of carbonyl (C=O) groups is 2. The normalized spacial score (nSPS) is 11.1. The molecule has 2 heterocycles. The van der Waals surface area contributed by atoms with Crippen LogP contribution in [-0.2, 0) is 9.59 Å². The molecule has 2 unspecified atom stereocenters. The molecule has 166 valence electrons. The number of aliphatic carboxylic acids is 2. The van der Waals surface area contributed by atoms with E-state index in [-0.39, 0.29) is 0 Å². The number of carboxylic acid groups (broad SMARTS) is 2. The van der Waals surface area contributed by atoms with Gasteiger partial charge in [0.15, 0.2) is 18.5 Å². The van der Waals surface area contributed by atoms with E-state index < -0.39 is 24.1 Å². The average Bonchev–Trinajstić information content (AvgIpc) is 2.86. The van der Waals surface area contributed by atoms with Gasteiger partial charge in [-0.15, -0.1) is 0 Å². The van der Waals surface area contributed by atoms with Crippen LogP contribution in [0.3, 0.4) is 0 Å². The minimum Gasteiger partial charge on any atom is -0.547 e. The number of pyridine rings is 2. The van der Waals surface area contributed by atoms with Crippen molar-refractivity contribution in [2.45, 2.75) is 12.2 Å². The number of aliphatic hydroxyl groups excluding tert-OH is 2. The van der Waals surface area contributed by atoms with E-state index in [0.717, 1.165) is 0 Å². The van der Waals surface area contributed by atoms with E-state index >= 15 is 0 Å². The molecule has 7 heteroatoms. The topological polar surface area (TPSA) is 122 Å². The van der Waals surface area contributed by atoms with Gasteiger partial charge in [0.1, 0.15) is 6.10 Å². The van der Waals surface area contributed by atoms with Gasteiger partial charge in [0.2, 0.25) is 5.52 Å². The number of aliphatic hydroxyl groups is 2. The average molecular weight is 435 g/mol. The molecule has 0 aliphatic rings. The van der Waals surface area contributed by atoms with E-state index in [0.29, 0.717) is 0 Å². The van der Waals surface area contributed by atoms with E-state index in [1.165, 1.54) is 5.52 Å². The first-order valence-corrected chi connectivity index (χ1v) is 9.58. The summed E-state index contributed by atoms with van der Waals surface area (Å²) in [5, 5.41) is 34.1. The first-order chi connectivity index (χ1) is 15.4. The summed E-state index contributed by atoms with van der Waals surface area (Å²) in [4.78, 5) is 19.4. The highest BCUT2D eigenvalue weighted by molar-refractivity contribution is 5.82. The van der Waals surface area contributed by atoms with Crippen molar-refractivity contribution in [1.82, 2.24) is 0 Å². The summed E-state index contributed by atoms with van der Waals surface area (Å²) in [6.07, 6.45) is -0.632. The van der Waals surface area contributed by atoms with Crippen molar-refractivity contribution in [3.63, 3.8) is 0 Å². The molecule has 0 saturated carbocycles. The Morgan fingerprint density at radius 2 is 0.969 bits per heavy atom. The zero-order chi connectivity index (χ0) is 23.6. The minimum atomic E-state index is -2.38. The summed E-state index contributed by atoms with van der Waals surface area (Å²) >= 11 is 0. The lowest BCUT2D eigenvalue weighted by Gasteiger charge is -2.13. The third kappa shape index (κ3) is 11.2. The molecule has 4 rings (SSSR count). The zero-order valence-electron chi connectivity index (χ0n) is 17.2. The van der Waals surface area contributed by atoms with Crippen LogP contribution in [0, 0.1) is 0 Å². The van der Waals surface area contributed by atoms with E-state index in [2.05, 4.69) is 16.5 Å². The van der Waals surface area contributed by atoms with Gasteiger partial charge in [0, 0.05) is 24.3 Å². The van der Waals surface area contributed by atoms with Crippen LogP contribution in [0.5, 0.6) is 0 Å². The van der Waals surface area contributed by atoms with E-state index in [9.17, 15) is 14.7 Å². The maximum absolute atomic E-state index is 9.74. The van der Waals surface area contributed by atoms with E-state index in [1.807, 2.05) is 109 Å². The Bertz CT molecular complexity index is 860. The second-order valence-corrected chi connectivity index (χ2v) is 6.09. The van der Waals surface area contributed by atoms with Crippen molar-refractivity contribution in [3.05, 3.63) is 122 Å². The lowest BCUT2D eigenvalue weighted by molar-refractivity contribution is -0.511. The van der Waals surface area contributed by atoms with Crippen LogP contribution >= 0.6 is 0 Å². The van der Waals surface area contributed by atoms with Crippen LogP contribution in [0.1, 0.15) is 0 Å². The summed E-state index contributed by atoms with van der Waals surface area (Å²) in [7, 11) is 0. The van der Waals surface area contributed by atoms with Crippen LogP contribution < -0.4 is 9.51 Å². The number of aromatic nitrogens is 1. The quantitative estimate of drug-likeness (QED) is 0.418. The highest BCUT2D eigenvalue weighted by atomic mass is 16.4. The molecular formula is C25H25NO6. The molecule has 0 radical (unpaired) electrons. The maximum Gasteiger partial charge on any atom is 0.335 e. The lowest BCUT2D eigenvalue weighted by Crippen LogP contribution is -2.46. The molecule has 0 bridgehead atoms. The predicted octanol–water partition coefficient (Wildman–Crippen LogP) is 1.34. The van der Waals surface area contributed by atoms with Crippen LogP contribution in [-0.4, -0.2) is 39.5 Å². The standard InChI is InChI=1S/C9H8N.2C6H6.C4H6O6/c1-3-7-10-8-4-2-6-9(10)5-1;2*1-2-4-6-5-3-1;5-1(3(7)8)2(6)4(9)10/h1-8H;2*1-6H;1-2,5-6H,(H,7,8)(H,9,10)/q+1;;;/p-1. The summed E-state index contributed by atoms with van der Waals surface area (Å²) in [6, 6.07) is 36.3. The smallest absolute Gasteiger partial charge is 0.335 e. The Balaban J connectivity index is 0.000000219. The Hall–Kier alpha value is -4.07. The first kappa shape index (κ1) is 26.0. The van der Waals surface area contributed by atoms with Crippen LogP contribution in [0.2, 0.25) is 0 Å². The molecule has 0 fully saturated rings. The molecule has 0 spiro atoms. The Morgan fingerprint density at radius 3 is 1.19 bits per heavy atom. The van der Waals surface area contributed by atoms with Gasteiger partial charge in [-0.05, 0) is 12.1 Å². The first-order valence-electron chi connectivity index (χ1n) is 9.58. The van der Waals surface area contributed by atoms with Gasteiger partial charge in [0.25, 0.3) is 0 Å². The van der Waals surface area contributed by atoms with Crippen molar-refractivity contribution in [3.8, 4) is 0 Å². The molecule has 4 aromatic rings. The van der Waals surface area contributed by atoms with Gasteiger partial charge in [-0.25, -0.2) is 4.79 Å². The molecule has 7 nitrogen and oxygen atoms in total. The fourth-order valence-corrected chi connectivity index (χ4v) is 2.08. The van der Waals surface area contributed by atoms with Crippen molar-refractivity contribution >= 4 is 17.5 Å². The fourth-order valence-electron chi connectivity index (χ4n) is 2.08. The molecule has 32 heavy (non-hydrogen) atoms. The Labute approximate surface area is 186 Å². The number of nitrogens with zero attached hydrogens (tertiary/aromatic N) is 1. The van der Waals surface area contributed by atoms with Gasteiger partial charge in [-0.1, -0.05) is 72.8 Å². The molecule has 0 saturated heterocycles. The molecule has 2 aromatic heterocycles. The number of fused-ring (bicyclic) bond motifs is 1. The van der Waals surface area contributed by atoms with Crippen molar-refractivity contribution in [2.24, 2.45) is 0 Å². The molecule has 2 atom stereocenters. The second kappa shape index (κ2) is 15.7. The Morgan fingerprint density at radius 1 is 0.625 bits per heavy atom. The number of carboxylic acids is 2. The SMILES string of the molecule is O=C([O-])C(O)C(O)C(=O)O.c1cc[n+]2ccccc2c1.c1ccccc1.c1ccccc1. The fraction of sp³-hybridized carbons (Fsp3) is 0.0800. The zero-order valence-corrected chi connectivity index (χ0v) is 17.2. The molecule has 2 aromatic carbocycles.